The van der Waals surface area contributed by atoms with Crippen molar-refractivity contribution in [3.05, 3.63) is 30.1 Å². The van der Waals surface area contributed by atoms with Gasteiger partial charge in [-0.25, -0.2) is 4.39 Å². The van der Waals surface area contributed by atoms with Crippen molar-refractivity contribution in [1.29, 1.82) is 0 Å². The molecule has 0 saturated carbocycles. The third kappa shape index (κ3) is 3.94. The number of hydrogen-bond acceptors (Lipinski definition) is 3. The maximum absolute atomic E-state index is 13.4. The van der Waals surface area contributed by atoms with Crippen molar-refractivity contribution in [3.63, 3.8) is 0 Å². The number of carbonyl (C=O) groups excluding carboxylic acids is 1. The highest BCUT2D eigenvalue weighted by Gasteiger charge is 2.40. The molecular formula is C16H24FN3O. The number of anilines is 1. The average Bonchev–Trinajstić information content (AvgIpc) is 2.41. The Balaban J connectivity index is 2.21. The van der Waals surface area contributed by atoms with Gasteiger partial charge in [-0.15, -0.1) is 0 Å². The van der Waals surface area contributed by atoms with E-state index in [1.807, 2.05) is 20.9 Å². The second-order valence-corrected chi connectivity index (χ2v) is 6.15. The van der Waals surface area contributed by atoms with E-state index in [1.165, 1.54) is 12.1 Å². The summed E-state index contributed by atoms with van der Waals surface area (Å²) in [4.78, 5) is 14.8. The maximum Gasteiger partial charge on any atom is 0.245 e. The van der Waals surface area contributed by atoms with Crippen LogP contribution in [0.25, 0.3) is 0 Å². The molecule has 1 fully saturated rings. The normalized spacial score (nSPS) is 18.5. The van der Waals surface area contributed by atoms with E-state index in [4.69, 9.17) is 0 Å². The minimum Gasteiger partial charge on any atom is -0.371 e. The molecule has 0 aliphatic carbocycles. The minimum absolute atomic E-state index is 0.00476. The lowest BCUT2D eigenvalue weighted by atomic mass is 9.86. The SMILES string of the molecule is CC(C)NC(=O)C1(Nc2cccc(F)c2)CCN(C)CC1. The summed E-state index contributed by atoms with van der Waals surface area (Å²) >= 11 is 0. The summed E-state index contributed by atoms with van der Waals surface area (Å²) in [7, 11) is 2.05. The number of halogens is 1. The fourth-order valence-electron chi connectivity index (χ4n) is 2.65. The number of likely N-dealkylation sites (tertiary alicyclic amines) is 1. The molecule has 0 unspecified atom stereocenters. The van der Waals surface area contributed by atoms with E-state index in [-0.39, 0.29) is 17.8 Å². The first-order valence-electron chi connectivity index (χ1n) is 7.44. The summed E-state index contributed by atoms with van der Waals surface area (Å²) in [5, 5.41) is 6.27. The van der Waals surface area contributed by atoms with Gasteiger partial charge in [0.15, 0.2) is 0 Å². The van der Waals surface area contributed by atoms with Crippen molar-refractivity contribution in [3.8, 4) is 0 Å². The lowest BCUT2D eigenvalue weighted by Crippen LogP contribution is -2.58. The van der Waals surface area contributed by atoms with Crippen molar-refractivity contribution in [2.45, 2.75) is 38.3 Å². The quantitative estimate of drug-likeness (QED) is 0.895. The van der Waals surface area contributed by atoms with Crippen LogP contribution in [0.2, 0.25) is 0 Å². The topological polar surface area (TPSA) is 44.4 Å². The molecule has 0 bridgehead atoms. The molecule has 1 saturated heterocycles. The monoisotopic (exact) mass is 293 g/mol. The van der Waals surface area contributed by atoms with E-state index < -0.39 is 5.54 Å². The molecule has 2 N–H and O–H groups in total. The fraction of sp³-hybridized carbons (Fsp3) is 0.562. The van der Waals surface area contributed by atoms with Crippen molar-refractivity contribution >= 4 is 11.6 Å². The van der Waals surface area contributed by atoms with Crippen LogP contribution < -0.4 is 10.6 Å². The summed E-state index contributed by atoms with van der Waals surface area (Å²) in [5.74, 6) is -0.304. The van der Waals surface area contributed by atoms with Crippen molar-refractivity contribution in [1.82, 2.24) is 10.2 Å². The highest BCUT2D eigenvalue weighted by Crippen LogP contribution is 2.27. The molecule has 2 rings (SSSR count). The lowest BCUT2D eigenvalue weighted by molar-refractivity contribution is -0.127. The number of rotatable bonds is 4. The summed E-state index contributed by atoms with van der Waals surface area (Å²) < 4.78 is 13.4. The predicted molar refractivity (Wildman–Crippen MR) is 82.8 cm³/mol. The molecule has 1 aliphatic heterocycles. The number of piperidine rings is 1. The molecular weight excluding hydrogens is 269 g/mol. The zero-order valence-corrected chi connectivity index (χ0v) is 12.9. The van der Waals surface area contributed by atoms with Gasteiger partial charge in [0, 0.05) is 24.8 Å². The third-order valence-corrected chi connectivity index (χ3v) is 3.90. The highest BCUT2D eigenvalue weighted by atomic mass is 19.1. The largest absolute Gasteiger partial charge is 0.371 e. The van der Waals surface area contributed by atoms with E-state index in [1.54, 1.807) is 12.1 Å². The Morgan fingerprint density at radius 1 is 1.33 bits per heavy atom. The summed E-state index contributed by atoms with van der Waals surface area (Å²) in [6, 6.07) is 6.37. The minimum atomic E-state index is -0.662. The summed E-state index contributed by atoms with van der Waals surface area (Å²) in [5.41, 5.74) is -0.0108. The fourth-order valence-corrected chi connectivity index (χ4v) is 2.65. The average molecular weight is 293 g/mol. The molecule has 1 heterocycles. The Morgan fingerprint density at radius 3 is 2.57 bits per heavy atom. The second-order valence-electron chi connectivity index (χ2n) is 6.15. The molecule has 5 heteroatoms. The molecule has 0 atom stereocenters. The Morgan fingerprint density at radius 2 is 2.00 bits per heavy atom. The van der Waals surface area contributed by atoms with Crippen LogP contribution in [-0.4, -0.2) is 42.5 Å². The molecule has 1 aliphatic rings. The Bertz CT molecular complexity index is 496. The van der Waals surface area contributed by atoms with Gasteiger partial charge in [-0.3, -0.25) is 4.79 Å². The molecule has 21 heavy (non-hydrogen) atoms. The van der Waals surface area contributed by atoms with Gasteiger partial charge in [-0.05, 0) is 51.9 Å². The first kappa shape index (κ1) is 15.8. The highest BCUT2D eigenvalue weighted by molar-refractivity contribution is 5.89. The number of hydrogen-bond donors (Lipinski definition) is 2. The van der Waals surface area contributed by atoms with E-state index in [2.05, 4.69) is 15.5 Å². The molecule has 1 aromatic carbocycles. The van der Waals surface area contributed by atoms with Crippen LogP contribution >= 0.6 is 0 Å². The standard InChI is InChI=1S/C16H24FN3O/c1-12(2)18-15(21)16(7-9-20(3)10-8-16)19-14-6-4-5-13(17)11-14/h4-6,11-12,19H,7-10H2,1-3H3,(H,18,21). The van der Waals surface area contributed by atoms with E-state index in [9.17, 15) is 9.18 Å². The maximum atomic E-state index is 13.4. The van der Waals surface area contributed by atoms with Crippen LogP contribution in [0.5, 0.6) is 0 Å². The number of benzene rings is 1. The van der Waals surface area contributed by atoms with Gasteiger partial charge in [0.2, 0.25) is 5.91 Å². The van der Waals surface area contributed by atoms with Crippen LogP contribution in [0.15, 0.2) is 24.3 Å². The zero-order valence-electron chi connectivity index (χ0n) is 12.9. The number of amides is 1. The molecule has 0 radical (unpaired) electrons. The van der Waals surface area contributed by atoms with E-state index in [0.29, 0.717) is 18.5 Å². The number of carbonyl (C=O) groups is 1. The van der Waals surface area contributed by atoms with Gasteiger partial charge in [-0.2, -0.15) is 0 Å². The molecule has 0 aromatic heterocycles. The molecule has 4 nitrogen and oxygen atoms in total. The summed E-state index contributed by atoms with van der Waals surface area (Å²) in [6.45, 7) is 5.58. The molecule has 116 valence electrons. The third-order valence-electron chi connectivity index (χ3n) is 3.90. The Kier molecular flexibility index (Phi) is 4.83. The zero-order chi connectivity index (χ0) is 15.5. The lowest BCUT2D eigenvalue weighted by Gasteiger charge is -2.41. The van der Waals surface area contributed by atoms with Gasteiger partial charge >= 0.3 is 0 Å². The summed E-state index contributed by atoms with van der Waals surface area (Å²) in [6.07, 6.45) is 1.41. The van der Waals surface area contributed by atoms with E-state index >= 15 is 0 Å². The first-order valence-corrected chi connectivity index (χ1v) is 7.44. The first-order chi connectivity index (χ1) is 9.91. The number of nitrogens with one attached hydrogen (secondary N) is 2. The van der Waals surface area contributed by atoms with Crippen LogP contribution in [0.3, 0.4) is 0 Å². The van der Waals surface area contributed by atoms with Crippen molar-refractivity contribution in [2.24, 2.45) is 0 Å². The van der Waals surface area contributed by atoms with Crippen LogP contribution in [0.4, 0.5) is 10.1 Å². The Hall–Kier alpha value is -1.62. The van der Waals surface area contributed by atoms with Crippen LogP contribution in [-0.2, 0) is 4.79 Å². The van der Waals surface area contributed by atoms with E-state index in [0.717, 1.165) is 13.1 Å². The number of nitrogens with zero attached hydrogens (tertiary/aromatic N) is 1. The van der Waals surface area contributed by atoms with Crippen LogP contribution in [0.1, 0.15) is 26.7 Å². The predicted octanol–water partition coefficient (Wildman–Crippen LogP) is 2.23. The van der Waals surface area contributed by atoms with Crippen molar-refractivity contribution in [2.75, 3.05) is 25.5 Å². The van der Waals surface area contributed by atoms with Crippen LogP contribution in [0, 0.1) is 5.82 Å². The molecule has 1 amide bonds. The molecule has 1 aromatic rings. The van der Waals surface area contributed by atoms with Gasteiger partial charge in [0.25, 0.3) is 0 Å². The molecule has 0 spiro atoms. The van der Waals surface area contributed by atoms with Crippen molar-refractivity contribution < 1.29 is 9.18 Å². The smallest absolute Gasteiger partial charge is 0.245 e. The van der Waals surface area contributed by atoms with Gasteiger partial charge in [0.05, 0.1) is 0 Å². The van der Waals surface area contributed by atoms with Gasteiger partial charge < -0.3 is 15.5 Å². The van der Waals surface area contributed by atoms with Gasteiger partial charge in [-0.1, -0.05) is 6.07 Å². The second kappa shape index (κ2) is 6.43. The Labute approximate surface area is 125 Å². The van der Waals surface area contributed by atoms with Gasteiger partial charge in [0.1, 0.15) is 11.4 Å².